The first-order valence-electron chi connectivity index (χ1n) is 16.9. The fourth-order valence-corrected chi connectivity index (χ4v) is 10.2. The van der Waals surface area contributed by atoms with Crippen molar-refractivity contribution in [2.24, 2.45) is 0 Å². The molecule has 13 rings (SSSR count). The van der Waals surface area contributed by atoms with Crippen LogP contribution in [0.2, 0.25) is 0 Å². The van der Waals surface area contributed by atoms with E-state index in [1.165, 1.54) is 88.9 Å². The summed E-state index contributed by atoms with van der Waals surface area (Å²) in [5, 5.41) is 5.08. The van der Waals surface area contributed by atoms with Crippen LogP contribution in [-0.2, 0) is 5.66 Å². The molecule has 1 unspecified atom stereocenters. The lowest BCUT2D eigenvalue weighted by Gasteiger charge is -2.33. The highest BCUT2D eigenvalue weighted by Crippen LogP contribution is 2.54. The van der Waals surface area contributed by atoms with E-state index in [9.17, 15) is 0 Å². The van der Waals surface area contributed by atoms with Gasteiger partial charge < -0.3 is 8.97 Å². The summed E-state index contributed by atoms with van der Waals surface area (Å²) in [6.45, 7) is 4.59. The molecule has 0 radical (unpaired) electrons. The number of rotatable bonds is 1. The van der Waals surface area contributed by atoms with Crippen LogP contribution in [-0.4, -0.2) is 23.2 Å². The number of hydrogen-bond acceptors (Lipinski definition) is 1. The Kier molecular flexibility index (Phi) is 3.93. The second-order valence-corrected chi connectivity index (χ2v) is 13.8. The molecule has 0 saturated heterocycles. The molecule has 1 atom stereocenters. The first-order valence-corrected chi connectivity index (χ1v) is 16.9. The van der Waals surface area contributed by atoms with E-state index in [1.807, 2.05) is 12.3 Å². The van der Waals surface area contributed by atoms with E-state index in [-0.39, 0.29) is 0 Å². The first-order chi connectivity index (χ1) is 24.2. The quantitative estimate of drug-likeness (QED) is 0.174. The van der Waals surface area contributed by atoms with Crippen LogP contribution in [0.5, 0.6) is 0 Å². The molecule has 6 aromatic heterocycles. The van der Waals surface area contributed by atoms with Crippen molar-refractivity contribution in [2.45, 2.75) is 19.5 Å². The third kappa shape index (κ3) is 2.40. The number of pyridine rings is 1. The lowest BCUT2D eigenvalue weighted by atomic mass is 9.82. The van der Waals surface area contributed by atoms with Crippen LogP contribution in [0.15, 0.2) is 128 Å². The van der Waals surface area contributed by atoms with Gasteiger partial charge in [-0.05, 0) is 79.7 Å². The third-order valence-electron chi connectivity index (χ3n) is 11.8. The molecular formula is C42H27N7+2. The third-order valence-corrected chi connectivity index (χ3v) is 11.8. The number of hydrogen-bond donors (Lipinski definition) is 0. The van der Waals surface area contributed by atoms with E-state index in [4.69, 9.17) is 0 Å². The van der Waals surface area contributed by atoms with Crippen molar-refractivity contribution < 1.29 is 9.25 Å². The zero-order chi connectivity index (χ0) is 31.9. The van der Waals surface area contributed by atoms with Gasteiger partial charge in [0, 0.05) is 35.5 Å². The van der Waals surface area contributed by atoms with Crippen molar-refractivity contribution in [2.75, 3.05) is 0 Å². The van der Waals surface area contributed by atoms with Gasteiger partial charge in [0.1, 0.15) is 28.0 Å². The maximum absolute atomic E-state index is 4.67. The highest BCUT2D eigenvalue weighted by atomic mass is 15.5. The topological polar surface area (TPSA) is 39.9 Å². The Bertz CT molecular complexity index is 3200. The molecule has 3 aliphatic rings. The molecule has 0 saturated carbocycles. The average Bonchev–Trinajstić information content (AvgIpc) is 3.93. The van der Waals surface area contributed by atoms with Gasteiger partial charge >= 0.3 is 11.3 Å². The van der Waals surface area contributed by atoms with Gasteiger partial charge in [-0.1, -0.05) is 41.1 Å². The molecule has 7 heteroatoms. The summed E-state index contributed by atoms with van der Waals surface area (Å²) in [7, 11) is 0. The zero-order valence-electron chi connectivity index (χ0n) is 26.8. The monoisotopic (exact) mass is 629 g/mol. The second-order valence-electron chi connectivity index (χ2n) is 13.8. The van der Waals surface area contributed by atoms with Crippen molar-refractivity contribution in [3.05, 3.63) is 150 Å². The second kappa shape index (κ2) is 7.80. The molecule has 9 heterocycles. The van der Waals surface area contributed by atoms with Gasteiger partial charge in [-0.15, -0.1) is 4.68 Å². The molecular weight excluding hydrogens is 603 g/mol. The van der Waals surface area contributed by atoms with Crippen molar-refractivity contribution in [1.82, 2.24) is 23.2 Å². The van der Waals surface area contributed by atoms with Gasteiger partial charge in [0.25, 0.3) is 0 Å². The van der Waals surface area contributed by atoms with Crippen LogP contribution < -0.4 is 9.25 Å². The van der Waals surface area contributed by atoms with E-state index in [1.54, 1.807) is 0 Å². The summed E-state index contributed by atoms with van der Waals surface area (Å²) < 4.78 is 15.0. The van der Waals surface area contributed by atoms with Gasteiger partial charge in [0.15, 0.2) is 5.69 Å². The Morgan fingerprint density at radius 1 is 0.633 bits per heavy atom. The minimum atomic E-state index is -0.687. The molecule has 4 aromatic carbocycles. The standard InChI is InChI=1S/C42H27N7/c1-24-37(32-19-20-36-43-21-9-22-44(32)36)25(2)49-42-38-33(15-7-16-35(38)48(24)49)46-30-13-5-3-10-26(30)28-17-18-34(39(42)40(28)46)47-31-14-6-4-11-27(31)29-12-8-23-45(42)41(29)47/h3-23H,1-2H3/q+2. The van der Waals surface area contributed by atoms with Crippen molar-refractivity contribution >= 4 is 49.4 Å². The number of nitrogens with zero attached hydrogens (tertiary/aromatic N) is 7. The highest BCUT2D eigenvalue weighted by molar-refractivity contribution is 6.14. The largest absolute Gasteiger partial charge is 0.394 e. The minimum Gasteiger partial charge on any atom is -0.307 e. The number of para-hydroxylation sites is 2. The molecule has 0 N–H and O–H groups in total. The lowest BCUT2D eigenvalue weighted by molar-refractivity contribution is -0.989. The van der Waals surface area contributed by atoms with Crippen LogP contribution in [0.1, 0.15) is 22.5 Å². The van der Waals surface area contributed by atoms with Crippen LogP contribution in [0.3, 0.4) is 0 Å². The van der Waals surface area contributed by atoms with Gasteiger partial charge in [-0.25, -0.2) is 4.98 Å². The molecule has 0 amide bonds. The summed E-state index contributed by atoms with van der Waals surface area (Å²) >= 11 is 0. The summed E-state index contributed by atoms with van der Waals surface area (Å²) in [5.74, 6) is 0. The van der Waals surface area contributed by atoms with Gasteiger partial charge in [-0.2, -0.15) is 9.13 Å². The van der Waals surface area contributed by atoms with Gasteiger partial charge in [-0.3, -0.25) is 0 Å². The minimum absolute atomic E-state index is 0.687. The predicted octanol–water partition coefficient (Wildman–Crippen LogP) is 7.42. The zero-order valence-corrected chi connectivity index (χ0v) is 26.8. The summed E-state index contributed by atoms with van der Waals surface area (Å²) in [6, 6.07) is 40.3. The van der Waals surface area contributed by atoms with E-state index >= 15 is 0 Å². The normalized spacial score (nSPS) is 16.4. The lowest BCUT2D eigenvalue weighted by Crippen LogP contribution is -2.77. The highest BCUT2D eigenvalue weighted by Gasteiger charge is 2.69. The van der Waals surface area contributed by atoms with Crippen molar-refractivity contribution in [3.63, 3.8) is 0 Å². The predicted molar refractivity (Wildman–Crippen MR) is 190 cm³/mol. The summed E-state index contributed by atoms with van der Waals surface area (Å²) in [5.41, 5.74) is 16.3. The van der Waals surface area contributed by atoms with E-state index in [2.05, 4.69) is 162 Å². The first kappa shape index (κ1) is 24.7. The number of benzene rings is 4. The van der Waals surface area contributed by atoms with Crippen molar-refractivity contribution in [1.29, 1.82) is 0 Å². The van der Waals surface area contributed by atoms with Crippen LogP contribution in [0.4, 0.5) is 0 Å². The summed E-state index contributed by atoms with van der Waals surface area (Å²) in [4.78, 5) is 4.67. The number of aromatic nitrogens is 7. The smallest absolute Gasteiger partial charge is 0.307 e. The SMILES string of the molecule is Cc1c(-c2ccc3ncccn23)c(C)[n+]2n1-c1cccc3c1C21c2c(ccc4c5ccccc5n-3c24)-n2c3ccccc3c3ccc[n+]1c32. The molecule has 0 fully saturated rings. The maximum Gasteiger partial charge on any atom is 0.394 e. The average molecular weight is 630 g/mol. The maximum atomic E-state index is 4.67. The Hall–Kier alpha value is -6.47. The Labute approximate surface area is 279 Å². The summed E-state index contributed by atoms with van der Waals surface area (Å²) in [6.07, 6.45) is 6.31. The Morgan fingerprint density at radius 2 is 1.39 bits per heavy atom. The van der Waals surface area contributed by atoms with Crippen LogP contribution in [0.25, 0.3) is 77.7 Å². The molecule has 49 heavy (non-hydrogen) atoms. The number of fused-ring (bicyclic) bond motifs is 11. The van der Waals surface area contributed by atoms with E-state index < -0.39 is 5.66 Å². The molecule has 228 valence electrons. The molecule has 3 aliphatic heterocycles. The van der Waals surface area contributed by atoms with Crippen LogP contribution >= 0.6 is 0 Å². The molecule has 10 aromatic rings. The van der Waals surface area contributed by atoms with E-state index in [0.717, 1.165) is 11.3 Å². The molecule has 1 spiro atoms. The van der Waals surface area contributed by atoms with Gasteiger partial charge in [0.2, 0.25) is 5.69 Å². The fourth-order valence-electron chi connectivity index (χ4n) is 10.2. The molecule has 0 bridgehead atoms. The van der Waals surface area contributed by atoms with Crippen LogP contribution in [0, 0.1) is 13.8 Å². The van der Waals surface area contributed by atoms with Gasteiger partial charge in [0.05, 0.1) is 45.3 Å². The van der Waals surface area contributed by atoms with Crippen molar-refractivity contribution in [3.8, 4) is 28.3 Å². The molecule has 0 aliphatic carbocycles. The molecule has 7 nitrogen and oxygen atoms in total. The Morgan fingerprint density at radius 3 is 2.27 bits per heavy atom. The Balaban J connectivity index is 1.33. The van der Waals surface area contributed by atoms with E-state index in [0.29, 0.717) is 0 Å². The fraction of sp³-hybridized carbons (Fsp3) is 0.0714.